The second-order valence-corrected chi connectivity index (χ2v) is 10.4. The molecule has 3 N–H and O–H groups in total. The minimum Gasteiger partial charge on any atom is -0.478 e. The van der Waals surface area contributed by atoms with E-state index in [1.165, 1.54) is 0 Å². The molecule has 0 bridgehead atoms. The topological polar surface area (TPSA) is 90.2 Å². The van der Waals surface area contributed by atoms with Crippen LogP contribution < -0.4 is 9.64 Å². The van der Waals surface area contributed by atoms with Gasteiger partial charge in [-0.2, -0.15) is 10.6 Å². The number of carboxylic acids is 1. The zero-order valence-electron chi connectivity index (χ0n) is 16.9. The molecule has 3 rings (SSSR count). The van der Waals surface area contributed by atoms with Gasteiger partial charge in [0.05, 0.1) is 27.4 Å². The zero-order chi connectivity index (χ0) is 21.9. The number of carbonyl (C=O) groups is 1. The number of aliphatic carboxylic acids is 1. The second kappa shape index (κ2) is 9.01. The molecule has 0 atom stereocenters. The molecule has 0 fully saturated rings. The lowest BCUT2D eigenvalue weighted by Gasteiger charge is -2.40. The predicted octanol–water partition coefficient (Wildman–Crippen LogP) is 6.49. The summed E-state index contributed by atoms with van der Waals surface area (Å²) in [5.41, 5.74) is 1.39. The third-order valence-corrected chi connectivity index (χ3v) is 8.30. The van der Waals surface area contributed by atoms with Crippen LogP contribution in [0.1, 0.15) is 26.7 Å². The van der Waals surface area contributed by atoms with Gasteiger partial charge < -0.3 is 14.7 Å². The quantitative estimate of drug-likeness (QED) is 0.313. The Bertz CT molecular complexity index is 944. The van der Waals surface area contributed by atoms with E-state index in [0.29, 0.717) is 27.3 Å². The highest BCUT2D eigenvalue weighted by Gasteiger charge is 2.41. The van der Waals surface area contributed by atoms with Gasteiger partial charge in [0.25, 0.3) is 0 Å². The number of halogens is 1. The Morgan fingerprint density at radius 2 is 1.90 bits per heavy atom. The van der Waals surface area contributed by atoms with Crippen LogP contribution in [0.3, 0.4) is 0 Å². The van der Waals surface area contributed by atoms with Gasteiger partial charge in [0.2, 0.25) is 0 Å². The number of hydrogen-bond donors (Lipinski definition) is 3. The number of rotatable bonds is 6. The number of hydrogen-bond acceptors (Lipinski definition) is 5. The smallest absolute Gasteiger partial charge is 0.331 e. The second-order valence-electron chi connectivity index (χ2n) is 7.45. The van der Waals surface area contributed by atoms with E-state index in [4.69, 9.17) is 9.84 Å². The number of anilines is 2. The van der Waals surface area contributed by atoms with Crippen LogP contribution in [0, 0.1) is 5.41 Å². The fourth-order valence-corrected chi connectivity index (χ4v) is 6.47. The third-order valence-electron chi connectivity index (χ3n) is 5.63. The molecule has 1 heterocycles. The summed E-state index contributed by atoms with van der Waals surface area (Å²) in [7, 11) is -3.11. The van der Waals surface area contributed by atoms with Crippen molar-refractivity contribution in [3.63, 3.8) is 0 Å². The first-order valence-electron chi connectivity index (χ1n) is 9.69. The number of benzene rings is 2. The Kier molecular flexibility index (Phi) is 6.81. The fraction of sp³-hybridized carbons (Fsp3) is 0.318. The standard InChI is InChI=1S/C22H26BrNO5S/c1-3-22(4-2)14-24(16-8-6-5-7-9-16)18-12-17(23)19(29-11-10-21(25)26)13-20(18)30(27,28)15-22/h5-13,27-28H,3-4,14-15H2,1-2H3,(H,25,26)/b11-10+. The molecule has 6 nitrogen and oxygen atoms in total. The maximum Gasteiger partial charge on any atom is 0.331 e. The van der Waals surface area contributed by atoms with Crippen LogP contribution in [0.2, 0.25) is 0 Å². The number of ether oxygens (including phenoxy) is 1. The molecule has 1 aliphatic heterocycles. The average molecular weight is 496 g/mol. The van der Waals surface area contributed by atoms with Crippen molar-refractivity contribution in [3.8, 4) is 5.75 Å². The Balaban J connectivity index is 2.18. The van der Waals surface area contributed by atoms with Gasteiger partial charge in [0.1, 0.15) is 5.75 Å². The van der Waals surface area contributed by atoms with Crippen LogP contribution in [0.25, 0.3) is 0 Å². The summed E-state index contributed by atoms with van der Waals surface area (Å²) in [6, 6.07) is 13.3. The average Bonchev–Trinajstić information content (AvgIpc) is 2.81. The van der Waals surface area contributed by atoms with Crippen molar-refractivity contribution in [2.24, 2.45) is 5.41 Å². The van der Waals surface area contributed by atoms with Gasteiger partial charge in [0, 0.05) is 29.5 Å². The van der Waals surface area contributed by atoms with Crippen molar-refractivity contribution in [2.45, 2.75) is 31.6 Å². The normalized spacial score (nSPS) is 18.5. The summed E-state index contributed by atoms with van der Waals surface area (Å²) < 4.78 is 28.5. The molecule has 0 spiro atoms. The van der Waals surface area contributed by atoms with Gasteiger partial charge in [-0.05, 0) is 47.0 Å². The fourth-order valence-electron chi connectivity index (χ4n) is 3.74. The summed E-state index contributed by atoms with van der Waals surface area (Å²) >= 11 is 3.48. The largest absolute Gasteiger partial charge is 0.478 e. The molecule has 0 amide bonds. The number of nitrogens with zero attached hydrogens (tertiary/aromatic N) is 1. The minimum absolute atomic E-state index is 0.259. The molecule has 0 radical (unpaired) electrons. The summed E-state index contributed by atoms with van der Waals surface area (Å²) in [6.07, 6.45) is 3.56. The van der Waals surface area contributed by atoms with Crippen molar-refractivity contribution < 1.29 is 23.7 Å². The molecule has 1 aliphatic rings. The van der Waals surface area contributed by atoms with Crippen LogP contribution in [0.4, 0.5) is 11.4 Å². The van der Waals surface area contributed by atoms with E-state index in [1.807, 2.05) is 36.4 Å². The van der Waals surface area contributed by atoms with Crippen LogP contribution in [0.5, 0.6) is 5.75 Å². The van der Waals surface area contributed by atoms with E-state index in [2.05, 4.69) is 34.7 Å². The molecular formula is C22H26BrNO5S. The predicted molar refractivity (Wildman–Crippen MR) is 124 cm³/mol. The maximum absolute atomic E-state index is 11.2. The molecule has 0 saturated carbocycles. The van der Waals surface area contributed by atoms with E-state index in [-0.39, 0.29) is 11.2 Å². The zero-order valence-corrected chi connectivity index (χ0v) is 19.3. The van der Waals surface area contributed by atoms with Gasteiger partial charge in [-0.1, -0.05) is 32.0 Å². The lowest BCUT2D eigenvalue weighted by atomic mass is 9.83. The summed E-state index contributed by atoms with van der Waals surface area (Å²) in [4.78, 5) is 13.3. The van der Waals surface area contributed by atoms with Crippen molar-refractivity contribution >= 4 is 43.9 Å². The first kappa shape index (κ1) is 22.7. The minimum atomic E-state index is -3.11. The molecule has 2 aromatic rings. The highest BCUT2D eigenvalue weighted by Crippen LogP contribution is 2.61. The first-order valence-corrected chi connectivity index (χ1v) is 12.2. The third kappa shape index (κ3) is 4.67. The van der Waals surface area contributed by atoms with Gasteiger partial charge in [-0.3, -0.25) is 9.11 Å². The first-order chi connectivity index (χ1) is 14.2. The lowest BCUT2D eigenvalue weighted by molar-refractivity contribution is -0.131. The van der Waals surface area contributed by atoms with Crippen molar-refractivity contribution in [1.82, 2.24) is 0 Å². The van der Waals surface area contributed by atoms with Gasteiger partial charge in [0.15, 0.2) is 0 Å². The molecule has 8 heteroatoms. The molecule has 0 saturated heterocycles. The number of para-hydroxylation sites is 1. The summed E-state index contributed by atoms with van der Waals surface area (Å²) in [5.74, 6) is -0.550. The highest BCUT2D eigenvalue weighted by atomic mass is 79.9. The van der Waals surface area contributed by atoms with E-state index < -0.39 is 16.6 Å². The Hall–Kier alpha value is -2.00. The molecule has 30 heavy (non-hydrogen) atoms. The molecule has 162 valence electrons. The number of fused-ring (bicyclic) bond motifs is 1. The van der Waals surface area contributed by atoms with E-state index in [1.54, 1.807) is 6.07 Å². The van der Waals surface area contributed by atoms with Crippen LogP contribution in [-0.2, 0) is 4.79 Å². The lowest BCUT2D eigenvalue weighted by Crippen LogP contribution is -2.36. The highest BCUT2D eigenvalue weighted by molar-refractivity contribution is 9.10. The van der Waals surface area contributed by atoms with Crippen LogP contribution in [-0.4, -0.2) is 32.5 Å². The molecule has 0 aliphatic carbocycles. The maximum atomic E-state index is 11.2. The Labute approximate surface area is 186 Å². The molecule has 0 aromatic heterocycles. The molecular weight excluding hydrogens is 470 g/mol. The number of carboxylic acid groups (broad SMARTS) is 1. The SMILES string of the molecule is CCC1(CC)CN(c2ccccc2)c2cc(Br)c(O/C=C/C(=O)O)cc2S(O)(O)C1. The molecule has 2 aromatic carbocycles. The van der Waals surface area contributed by atoms with E-state index >= 15 is 0 Å². The Morgan fingerprint density at radius 3 is 2.50 bits per heavy atom. The van der Waals surface area contributed by atoms with Crippen molar-refractivity contribution in [2.75, 3.05) is 17.2 Å². The van der Waals surface area contributed by atoms with Crippen molar-refractivity contribution in [3.05, 3.63) is 59.3 Å². The van der Waals surface area contributed by atoms with Crippen LogP contribution >= 0.6 is 26.5 Å². The van der Waals surface area contributed by atoms with Gasteiger partial charge >= 0.3 is 5.97 Å². The summed E-state index contributed by atoms with van der Waals surface area (Å²) in [5, 5.41) is 8.78. The van der Waals surface area contributed by atoms with Gasteiger partial charge in [-0.25, -0.2) is 4.79 Å². The monoisotopic (exact) mass is 495 g/mol. The van der Waals surface area contributed by atoms with Gasteiger partial charge in [-0.15, -0.1) is 0 Å². The van der Waals surface area contributed by atoms with E-state index in [9.17, 15) is 13.9 Å². The molecule has 0 unspecified atom stereocenters. The Morgan fingerprint density at radius 1 is 1.23 bits per heavy atom. The summed E-state index contributed by atoms with van der Waals surface area (Å²) in [6.45, 7) is 4.82. The van der Waals surface area contributed by atoms with Crippen LogP contribution in [0.15, 0.2) is 64.2 Å². The van der Waals surface area contributed by atoms with Crippen molar-refractivity contribution in [1.29, 1.82) is 0 Å². The van der Waals surface area contributed by atoms with E-state index in [0.717, 1.165) is 30.9 Å².